The van der Waals surface area contributed by atoms with E-state index in [0.717, 1.165) is 23.3 Å². The molecule has 1 aliphatic heterocycles. The van der Waals surface area contributed by atoms with Crippen LogP contribution >= 0.6 is 16.1 Å². The molecule has 0 fully saturated rings. The van der Waals surface area contributed by atoms with Crippen molar-refractivity contribution in [2.75, 3.05) is 19.8 Å². The monoisotopic (exact) mass is 205 g/mol. The third-order valence-electron chi connectivity index (χ3n) is 1.89. The van der Waals surface area contributed by atoms with Gasteiger partial charge in [-0.2, -0.15) is 0 Å². The smallest absolute Gasteiger partial charge is 0.234 e. The number of quaternary nitrogens is 1. The molecule has 0 aromatic rings. The molecule has 0 saturated carbocycles. The van der Waals surface area contributed by atoms with Gasteiger partial charge >= 0.3 is 0 Å². The molecule has 0 amide bonds. The molecule has 0 spiro atoms. The first-order valence-corrected chi connectivity index (χ1v) is 4.41. The van der Waals surface area contributed by atoms with Gasteiger partial charge in [0.2, 0.25) is 16.1 Å². The first-order chi connectivity index (χ1) is 4.70. The summed E-state index contributed by atoms with van der Waals surface area (Å²) in [7, 11) is 0. The summed E-state index contributed by atoms with van der Waals surface area (Å²) in [6.45, 7) is 7.61. The highest BCUT2D eigenvalue weighted by Gasteiger charge is 2.27. The molecule has 0 N–H and O–H groups in total. The molecule has 0 bridgehead atoms. The van der Waals surface area contributed by atoms with Crippen LogP contribution in [0.5, 0.6) is 0 Å². The van der Waals surface area contributed by atoms with Crippen LogP contribution in [-0.4, -0.2) is 28.2 Å². The van der Waals surface area contributed by atoms with Gasteiger partial charge in [0, 0.05) is 6.54 Å². The van der Waals surface area contributed by atoms with E-state index in [1.165, 1.54) is 0 Å². The van der Waals surface area contributed by atoms with Crippen molar-refractivity contribution in [3.05, 3.63) is 12.4 Å². The summed E-state index contributed by atoms with van der Waals surface area (Å²) in [5, 5.41) is 0. The van der Waals surface area contributed by atoms with Crippen molar-refractivity contribution in [1.82, 2.24) is 4.90 Å². The van der Waals surface area contributed by atoms with Crippen LogP contribution in [0, 0.1) is 0 Å². The molecule has 58 valence electrons. The first-order valence-electron chi connectivity index (χ1n) is 3.70. The van der Waals surface area contributed by atoms with Crippen LogP contribution in [0.25, 0.3) is 0 Å². The molecule has 10 heavy (non-hydrogen) atoms. The molecule has 1 heterocycles. The van der Waals surface area contributed by atoms with Gasteiger partial charge < -0.3 is 4.90 Å². The van der Waals surface area contributed by atoms with Gasteiger partial charge in [-0.05, 0) is 13.8 Å². The Kier molecular flexibility index (Phi) is 2.36. The van der Waals surface area contributed by atoms with Crippen LogP contribution in [-0.2, 0) is 0 Å². The van der Waals surface area contributed by atoms with E-state index in [2.05, 4.69) is 47.3 Å². The molecule has 2 nitrogen and oxygen atoms in total. The van der Waals surface area contributed by atoms with Crippen molar-refractivity contribution < 1.29 is 3.51 Å². The minimum absolute atomic E-state index is 0.876. The van der Waals surface area contributed by atoms with Crippen LogP contribution in [0.4, 0.5) is 0 Å². The summed E-state index contributed by atoms with van der Waals surface area (Å²) in [6.07, 6.45) is 4.34. The lowest BCUT2D eigenvalue weighted by atomic mass is 10.6. The fourth-order valence-electron chi connectivity index (χ4n) is 1.02. The van der Waals surface area contributed by atoms with E-state index >= 15 is 0 Å². The number of halogens is 1. The highest BCUT2D eigenvalue weighted by molar-refractivity contribution is 9.05. The van der Waals surface area contributed by atoms with Crippen LogP contribution in [0.1, 0.15) is 13.8 Å². The molecule has 0 aliphatic carbocycles. The number of rotatable bonds is 2. The molecular formula is C7H14BrN2+. The molecule has 0 saturated heterocycles. The quantitative estimate of drug-likeness (QED) is 0.623. The van der Waals surface area contributed by atoms with Gasteiger partial charge in [0.25, 0.3) is 0 Å². The van der Waals surface area contributed by atoms with Gasteiger partial charge in [-0.15, -0.1) is 0 Å². The van der Waals surface area contributed by atoms with Crippen molar-refractivity contribution in [2.24, 2.45) is 0 Å². The zero-order valence-electron chi connectivity index (χ0n) is 6.55. The lowest BCUT2D eigenvalue weighted by molar-refractivity contribution is -0.724. The van der Waals surface area contributed by atoms with E-state index in [1.54, 1.807) is 0 Å². The summed E-state index contributed by atoms with van der Waals surface area (Å²) in [5.74, 6) is 0. The van der Waals surface area contributed by atoms with E-state index < -0.39 is 0 Å². The second-order valence-electron chi connectivity index (χ2n) is 2.59. The van der Waals surface area contributed by atoms with Gasteiger partial charge in [-0.3, -0.25) is 0 Å². The van der Waals surface area contributed by atoms with Crippen molar-refractivity contribution in [2.45, 2.75) is 13.8 Å². The van der Waals surface area contributed by atoms with Crippen LogP contribution in [0.3, 0.4) is 0 Å². The van der Waals surface area contributed by atoms with Gasteiger partial charge in [-0.25, -0.2) is 3.51 Å². The zero-order valence-corrected chi connectivity index (χ0v) is 8.13. The summed E-state index contributed by atoms with van der Waals surface area (Å²) in [4.78, 5) is 2.29. The van der Waals surface area contributed by atoms with E-state index in [-0.39, 0.29) is 0 Å². The number of hydrogen-bond acceptors (Lipinski definition) is 1. The van der Waals surface area contributed by atoms with Gasteiger partial charge in [-0.1, -0.05) is 0 Å². The Hall–Kier alpha value is -0.0200. The average Bonchev–Trinajstić information content (AvgIpc) is 2.33. The lowest BCUT2D eigenvalue weighted by Crippen LogP contribution is -2.34. The fraction of sp³-hybridized carbons (Fsp3) is 0.714. The van der Waals surface area contributed by atoms with Crippen molar-refractivity contribution in [1.29, 1.82) is 0 Å². The highest BCUT2D eigenvalue weighted by atomic mass is 79.9. The molecule has 1 unspecified atom stereocenters. The number of nitrogens with zero attached hydrogens (tertiary/aromatic N) is 2. The normalized spacial score (nSPS) is 31.7. The Labute approximate surface area is 71.0 Å². The minimum atomic E-state index is 0.876. The van der Waals surface area contributed by atoms with Crippen LogP contribution < -0.4 is 0 Å². The van der Waals surface area contributed by atoms with Crippen molar-refractivity contribution >= 4 is 16.1 Å². The third-order valence-corrected chi connectivity index (χ3v) is 2.86. The second-order valence-corrected chi connectivity index (χ2v) is 4.00. The maximum atomic E-state index is 3.64. The summed E-state index contributed by atoms with van der Waals surface area (Å²) in [5.41, 5.74) is 0. The van der Waals surface area contributed by atoms with E-state index in [1.807, 2.05) is 0 Å². The number of hydrogen-bond donors (Lipinski definition) is 0. The Bertz CT molecular complexity index is 147. The molecule has 1 aliphatic rings. The molecular weight excluding hydrogens is 192 g/mol. The Morgan fingerprint density at radius 1 is 1.60 bits per heavy atom. The summed E-state index contributed by atoms with van der Waals surface area (Å²) in [6, 6.07) is 0. The maximum absolute atomic E-state index is 3.64. The molecule has 1 rings (SSSR count). The van der Waals surface area contributed by atoms with Crippen LogP contribution in [0.15, 0.2) is 12.4 Å². The first kappa shape index (κ1) is 8.08. The Morgan fingerprint density at radius 3 is 2.60 bits per heavy atom. The van der Waals surface area contributed by atoms with Crippen molar-refractivity contribution in [3.8, 4) is 0 Å². The maximum Gasteiger partial charge on any atom is 0.234 e. The van der Waals surface area contributed by atoms with Gasteiger partial charge in [0.15, 0.2) is 6.67 Å². The van der Waals surface area contributed by atoms with E-state index in [4.69, 9.17) is 0 Å². The average molecular weight is 206 g/mol. The molecule has 0 aromatic heterocycles. The lowest BCUT2D eigenvalue weighted by Gasteiger charge is -2.22. The predicted molar refractivity (Wildman–Crippen MR) is 46.1 cm³/mol. The Balaban J connectivity index is 2.51. The summed E-state index contributed by atoms with van der Waals surface area (Å²) < 4.78 is 0.876. The van der Waals surface area contributed by atoms with Crippen molar-refractivity contribution in [3.63, 3.8) is 0 Å². The van der Waals surface area contributed by atoms with Gasteiger partial charge in [0.05, 0.1) is 12.7 Å². The minimum Gasteiger partial charge on any atom is -0.326 e. The van der Waals surface area contributed by atoms with Gasteiger partial charge in [0.1, 0.15) is 6.20 Å². The predicted octanol–water partition coefficient (Wildman–Crippen LogP) is 1.90. The van der Waals surface area contributed by atoms with E-state index in [0.29, 0.717) is 0 Å². The summed E-state index contributed by atoms with van der Waals surface area (Å²) >= 11 is 3.64. The topological polar surface area (TPSA) is 3.24 Å². The highest BCUT2D eigenvalue weighted by Crippen LogP contribution is 2.22. The molecule has 1 atom stereocenters. The standard InChI is InChI=1S/C7H14BrN2/c1-3-9-5-6-10(8,4-2)7-9/h5-6H,3-4,7H2,1-2H3/q+1. The Morgan fingerprint density at radius 2 is 2.30 bits per heavy atom. The fourth-order valence-corrected chi connectivity index (χ4v) is 1.41. The second kappa shape index (κ2) is 2.93. The molecule has 3 heteroatoms. The van der Waals surface area contributed by atoms with E-state index in [9.17, 15) is 0 Å². The molecule has 0 radical (unpaired) electrons. The zero-order chi connectivity index (χ0) is 7.61. The third kappa shape index (κ3) is 1.52. The largest absolute Gasteiger partial charge is 0.326 e. The molecule has 0 aromatic carbocycles. The SMILES string of the molecule is CCN1C=C[N+](Br)(CC)C1. The van der Waals surface area contributed by atoms with Crippen LogP contribution in [0.2, 0.25) is 0 Å².